The highest BCUT2D eigenvalue weighted by atomic mass is 79.9. The molecule has 3 aromatic rings. The lowest BCUT2D eigenvalue weighted by atomic mass is 10.1. The summed E-state index contributed by atoms with van der Waals surface area (Å²) in [6.07, 6.45) is 0.601. The van der Waals surface area contributed by atoms with Crippen molar-refractivity contribution >= 4 is 38.6 Å². The first-order chi connectivity index (χ1) is 12.0. The molecule has 1 aromatic heterocycles. The van der Waals surface area contributed by atoms with Crippen molar-refractivity contribution in [2.24, 2.45) is 0 Å². The molecule has 1 saturated heterocycles. The van der Waals surface area contributed by atoms with E-state index >= 15 is 0 Å². The molecule has 0 bridgehead atoms. The third-order valence-electron chi connectivity index (χ3n) is 4.66. The zero-order chi connectivity index (χ0) is 17.6. The van der Waals surface area contributed by atoms with Crippen LogP contribution in [-0.4, -0.2) is 34.2 Å². The van der Waals surface area contributed by atoms with Crippen LogP contribution in [0.25, 0.3) is 22.6 Å². The smallest absolute Gasteiger partial charge is 0.227 e. The van der Waals surface area contributed by atoms with E-state index in [1.807, 2.05) is 37.3 Å². The van der Waals surface area contributed by atoms with E-state index in [1.54, 1.807) is 0 Å². The van der Waals surface area contributed by atoms with Gasteiger partial charge in [0.15, 0.2) is 5.58 Å². The first-order valence-corrected chi connectivity index (χ1v) is 9.43. The SMILES string of the molecule is Cc1c(Br)cccc1-c1nc2cc(CN3CC[C@H](O)C3)cc(Cl)c2o1. The zero-order valence-electron chi connectivity index (χ0n) is 13.8. The van der Waals surface area contributed by atoms with Crippen LogP contribution in [0.1, 0.15) is 17.5 Å². The highest BCUT2D eigenvalue weighted by Gasteiger charge is 2.21. The van der Waals surface area contributed by atoms with Gasteiger partial charge in [-0.3, -0.25) is 4.90 Å². The van der Waals surface area contributed by atoms with Crippen LogP contribution in [0.2, 0.25) is 5.02 Å². The molecule has 0 unspecified atom stereocenters. The lowest BCUT2D eigenvalue weighted by molar-refractivity contribution is 0.175. The van der Waals surface area contributed by atoms with Gasteiger partial charge in [0.1, 0.15) is 5.52 Å². The summed E-state index contributed by atoms with van der Waals surface area (Å²) in [5, 5.41) is 10.3. The minimum atomic E-state index is -0.225. The number of rotatable bonds is 3. The summed E-state index contributed by atoms with van der Waals surface area (Å²) in [6, 6.07) is 9.90. The molecule has 4 nitrogen and oxygen atoms in total. The first-order valence-electron chi connectivity index (χ1n) is 8.26. The van der Waals surface area contributed by atoms with E-state index in [0.29, 0.717) is 23.0 Å². The van der Waals surface area contributed by atoms with Crippen molar-refractivity contribution in [3.05, 3.63) is 51.0 Å². The molecule has 1 atom stereocenters. The molecule has 0 saturated carbocycles. The van der Waals surface area contributed by atoms with Gasteiger partial charge < -0.3 is 9.52 Å². The van der Waals surface area contributed by atoms with Crippen LogP contribution < -0.4 is 0 Å². The van der Waals surface area contributed by atoms with E-state index in [1.165, 1.54) is 0 Å². The minimum absolute atomic E-state index is 0.225. The van der Waals surface area contributed by atoms with Gasteiger partial charge in [-0.05, 0) is 48.7 Å². The van der Waals surface area contributed by atoms with E-state index < -0.39 is 0 Å². The van der Waals surface area contributed by atoms with Gasteiger partial charge in [0.25, 0.3) is 0 Å². The zero-order valence-corrected chi connectivity index (χ0v) is 16.1. The lowest BCUT2D eigenvalue weighted by Gasteiger charge is -2.14. The molecule has 25 heavy (non-hydrogen) atoms. The Bertz CT molecular complexity index is 941. The number of hydrogen-bond acceptors (Lipinski definition) is 4. The molecule has 4 rings (SSSR count). The first kappa shape index (κ1) is 17.0. The molecular weight excluding hydrogens is 404 g/mol. The quantitative estimate of drug-likeness (QED) is 0.661. The second kappa shape index (κ2) is 6.72. The Morgan fingerprint density at radius 1 is 1.40 bits per heavy atom. The molecule has 1 fully saturated rings. The molecule has 2 heterocycles. The Hall–Kier alpha value is -1.40. The molecule has 0 spiro atoms. The fourth-order valence-corrected chi connectivity index (χ4v) is 3.95. The molecule has 1 aliphatic rings. The Labute approximate surface area is 159 Å². The van der Waals surface area contributed by atoms with Crippen molar-refractivity contribution < 1.29 is 9.52 Å². The fourth-order valence-electron chi connectivity index (χ4n) is 3.31. The van der Waals surface area contributed by atoms with Gasteiger partial charge in [-0.1, -0.05) is 33.6 Å². The van der Waals surface area contributed by atoms with Crippen LogP contribution in [0, 0.1) is 6.92 Å². The molecule has 6 heteroatoms. The van der Waals surface area contributed by atoms with Crippen LogP contribution >= 0.6 is 27.5 Å². The van der Waals surface area contributed by atoms with E-state index in [9.17, 15) is 5.11 Å². The molecule has 2 aromatic carbocycles. The molecule has 130 valence electrons. The maximum Gasteiger partial charge on any atom is 0.227 e. The number of likely N-dealkylation sites (tertiary alicyclic amines) is 1. The Morgan fingerprint density at radius 2 is 2.24 bits per heavy atom. The van der Waals surface area contributed by atoms with Gasteiger partial charge in [-0.15, -0.1) is 0 Å². The topological polar surface area (TPSA) is 49.5 Å². The number of aromatic nitrogens is 1. The Kier molecular flexibility index (Phi) is 4.58. The second-order valence-corrected chi connectivity index (χ2v) is 7.80. The van der Waals surface area contributed by atoms with Crippen molar-refractivity contribution in [1.82, 2.24) is 9.88 Å². The summed E-state index contributed by atoms with van der Waals surface area (Å²) in [5.74, 6) is 0.574. The van der Waals surface area contributed by atoms with Crippen molar-refractivity contribution in [2.45, 2.75) is 26.0 Å². The average Bonchev–Trinajstić information content (AvgIpc) is 3.16. The highest BCUT2D eigenvalue weighted by Crippen LogP contribution is 2.34. The maximum atomic E-state index is 9.68. The van der Waals surface area contributed by atoms with Crippen LogP contribution in [0.5, 0.6) is 0 Å². The summed E-state index contributed by atoms with van der Waals surface area (Å²) >= 11 is 9.98. The average molecular weight is 422 g/mol. The standard InChI is InChI=1S/C19H18BrClN2O2/c1-11-14(3-2-4-15(11)20)19-22-17-8-12(7-16(21)18(17)25-19)9-23-6-5-13(24)10-23/h2-4,7-8,13,24H,5-6,9-10H2,1H3/t13-/m0/s1. The summed E-state index contributed by atoms with van der Waals surface area (Å²) < 4.78 is 6.97. The third kappa shape index (κ3) is 3.34. The Balaban J connectivity index is 1.71. The normalized spacial score (nSPS) is 18.3. The van der Waals surface area contributed by atoms with Crippen molar-refractivity contribution in [3.63, 3.8) is 0 Å². The van der Waals surface area contributed by atoms with E-state index in [-0.39, 0.29) is 6.10 Å². The number of aliphatic hydroxyl groups is 1. The minimum Gasteiger partial charge on any atom is -0.434 e. The molecule has 0 aliphatic carbocycles. The van der Waals surface area contributed by atoms with Crippen LogP contribution in [-0.2, 0) is 6.54 Å². The monoisotopic (exact) mass is 420 g/mol. The van der Waals surface area contributed by atoms with Crippen LogP contribution in [0.3, 0.4) is 0 Å². The van der Waals surface area contributed by atoms with Crippen molar-refractivity contribution in [1.29, 1.82) is 0 Å². The van der Waals surface area contributed by atoms with E-state index in [0.717, 1.165) is 46.2 Å². The van der Waals surface area contributed by atoms with E-state index in [4.69, 9.17) is 16.0 Å². The number of β-amino-alcohol motifs (C(OH)–C–C–N with tert-alkyl or cyclic N) is 1. The number of fused-ring (bicyclic) bond motifs is 1. The Morgan fingerprint density at radius 3 is 3.00 bits per heavy atom. The van der Waals surface area contributed by atoms with Gasteiger partial charge in [0.05, 0.1) is 11.1 Å². The van der Waals surface area contributed by atoms with Gasteiger partial charge in [0.2, 0.25) is 5.89 Å². The molecular formula is C19H18BrClN2O2. The molecule has 1 aliphatic heterocycles. The van der Waals surface area contributed by atoms with Gasteiger partial charge >= 0.3 is 0 Å². The number of hydrogen-bond donors (Lipinski definition) is 1. The molecule has 1 N–H and O–H groups in total. The summed E-state index contributed by atoms with van der Waals surface area (Å²) in [4.78, 5) is 6.88. The lowest BCUT2D eigenvalue weighted by Crippen LogP contribution is -2.21. The maximum absolute atomic E-state index is 9.68. The van der Waals surface area contributed by atoms with Crippen molar-refractivity contribution in [3.8, 4) is 11.5 Å². The van der Waals surface area contributed by atoms with Gasteiger partial charge in [-0.25, -0.2) is 4.98 Å². The molecule has 0 radical (unpaired) electrons. The molecule has 0 amide bonds. The number of halogens is 2. The summed E-state index contributed by atoms with van der Waals surface area (Å²) in [5.41, 5.74) is 4.48. The second-order valence-electron chi connectivity index (χ2n) is 6.53. The van der Waals surface area contributed by atoms with Crippen molar-refractivity contribution in [2.75, 3.05) is 13.1 Å². The van der Waals surface area contributed by atoms with Gasteiger partial charge in [-0.2, -0.15) is 0 Å². The number of benzene rings is 2. The summed E-state index contributed by atoms with van der Waals surface area (Å²) in [6.45, 7) is 4.39. The van der Waals surface area contributed by atoms with Gasteiger partial charge in [0, 0.05) is 29.7 Å². The van der Waals surface area contributed by atoms with E-state index in [2.05, 4.69) is 25.8 Å². The fraction of sp³-hybridized carbons (Fsp3) is 0.316. The predicted octanol–water partition coefficient (Wildman–Crippen LogP) is 4.79. The summed E-state index contributed by atoms with van der Waals surface area (Å²) in [7, 11) is 0. The van der Waals surface area contributed by atoms with Crippen LogP contribution in [0.15, 0.2) is 39.2 Å². The number of oxazole rings is 1. The number of aliphatic hydroxyl groups excluding tert-OH is 1. The third-order valence-corrected chi connectivity index (χ3v) is 5.80. The number of nitrogens with zero attached hydrogens (tertiary/aromatic N) is 2. The largest absolute Gasteiger partial charge is 0.434 e. The van der Waals surface area contributed by atoms with Crippen LogP contribution in [0.4, 0.5) is 0 Å². The highest BCUT2D eigenvalue weighted by molar-refractivity contribution is 9.10. The predicted molar refractivity (Wildman–Crippen MR) is 103 cm³/mol.